The lowest BCUT2D eigenvalue weighted by Gasteiger charge is -2.19. The Morgan fingerprint density at radius 1 is 1.50 bits per heavy atom. The van der Waals surface area contributed by atoms with Gasteiger partial charge in [0.1, 0.15) is 4.67 Å². The number of nitrogens with zero attached hydrogens (tertiary/aromatic N) is 4. The molecule has 1 rings (SSSR count). The van der Waals surface area contributed by atoms with Crippen LogP contribution in [0.2, 0.25) is 0 Å². The molecule has 0 aliphatic carbocycles. The molecule has 1 aromatic rings. The van der Waals surface area contributed by atoms with Crippen LogP contribution in [0.4, 0.5) is 0 Å². The Hall–Kier alpha value is -1.06. The fraction of sp³-hybridized carbons (Fsp3) is 0.643. The smallest absolute Gasteiger partial charge is 0.208 e. The van der Waals surface area contributed by atoms with E-state index in [0.717, 1.165) is 23.9 Å². The van der Waals surface area contributed by atoms with Crippen molar-refractivity contribution in [3.8, 4) is 6.19 Å². The Kier molecular flexibility index (Phi) is 6.50. The Bertz CT molecular complexity index is 567. The standard InChI is InChI=1S/C14H22N4S2/c1-6-7-8-11-9-18(14(2,3)4)20-12(11)17-13(19-5)16-10-15/h9H,6-8H2,1-5H3/b16-13?,17-12-. The van der Waals surface area contributed by atoms with Crippen LogP contribution in [0.3, 0.4) is 0 Å². The van der Waals surface area contributed by atoms with Gasteiger partial charge in [0.05, 0.1) is 0 Å². The van der Waals surface area contributed by atoms with E-state index in [-0.39, 0.29) is 5.54 Å². The zero-order valence-corrected chi connectivity index (χ0v) is 14.4. The largest absolute Gasteiger partial charge is 0.298 e. The van der Waals surface area contributed by atoms with Crippen molar-refractivity contribution >= 4 is 28.5 Å². The van der Waals surface area contributed by atoms with E-state index in [1.165, 1.54) is 17.3 Å². The molecule has 6 heteroatoms. The molecule has 0 atom stereocenters. The molecule has 0 N–H and O–H groups in total. The van der Waals surface area contributed by atoms with E-state index in [9.17, 15) is 0 Å². The molecule has 20 heavy (non-hydrogen) atoms. The van der Waals surface area contributed by atoms with Crippen molar-refractivity contribution in [2.75, 3.05) is 6.26 Å². The first-order valence-electron chi connectivity index (χ1n) is 6.70. The van der Waals surface area contributed by atoms with Crippen LogP contribution >= 0.6 is 23.3 Å². The van der Waals surface area contributed by atoms with E-state index >= 15 is 0 Å². The van der Waals surface area contributed by atoms with Crippen LogP contribution in [0.1, 0.15) is 46.1 Å². The zero-order chi connectivity index (χ0) is 15.2. The summed E-state index contributed by atoms with van der Waals surface area (Å²) in [5, 5.41) is 9.20. The Balaban J connectivity index is 3.29. The highest BCUT2D eigenvalue weighted by Crippen LogP contribution is 2.18. The summed E-state index contributed by atoms with van der Waals surface area (Å²) in [4.78, 5) is 8.29. The quantitative estimate of drug-likeness (QED) is 0.485. The fourth-order valence-electron chi connectivity index (χ4n) is 1.58. The highest BCUT2D eigenvalue weighted by molar-refractivity contribution is 8.13. The van der Waals surface area contributed by atoms with Crippen molar-refractivity contribution in [2.45, 2.75) is 52.5 Å². The maximum atomic E-state index is 8.68. The Labute approximate surface area is 129 Å². The summed E-state index contributed by atoms with van der Waals surface area (Å²) in [6.45, 7) is 8.71. The van der Waals surface area contributed by atoms with Gasteiger partial charge in [0.15, 0.2) is 5.17 Å². The van der Waals surface area contributed by atoms with E-state index in [0.29, 0.717) is 5.17 Å². The molecule has 0 spiro atoms. The molecule has 0 amide bonds. The molecular formula is C14H22N4S2. The van der Waals surface area contributed by atoms with Gasteiger partial charge in [-0.25, -0.2) is 4.99 Å². The van der Waals surface area contributed by atoms with Gasteiger partial charge in [-0.3, -0.25) is 3.96 Å². The minimum Gasteiger partial charge on any atom is -0.298 e. The zero-order valence-electron chi connectivity index (χ0n) is 12.8. The van der Waals surface area contributed by atoms with E-state index < -0.39 is 0 Å². The van der Waals surface area contributed by atoms with Gasteiger partial charge in [0, 0.05) is 17.3 Å². The molecule has 0 bridgehead atoms. The van der Waals surface area contributed by atoms with Gasteiger partial charge in [-0.05, 0) is 51.4 Å². The van der Waals surface area contributed by atoms with Gasteiger partial charge in [-0.15, -0.1) is 4.99 Å². The first-order valence-corrected chi connectivity index (χ1v) is 8.70. The summed E-state index contributed by atoms with van der Waals surface area (Å²) < 4.78 is 3.19. The number of unbranched alkanes of at least 4 members (excludes halogenated alkanes) is 1. The second kappa shape index (κ2) is 7.65. The molecular weight excluding hydrogens is 288 g/mol. The number of aliphatic imine (C=N–C) groups is 1. The molecule has 0 aliphatic heterocycles. The van der Waals surface area contributed by atoms with Gasteiger partial charge in [-0.1, -0.05) is 25.1 Å². The lowest BCUT2D eigenvalue weighted by Crippen LogP contribution is -2.18. The summed E-state index contributed by atoms with van der Waals surface area (Å²) in [6.07, 6.45) is 9.20. The van der Waals surface area contributed by atoms with Crippen molar-refractivity contribution in [1.82, 2.24) is 3.96 Å². The van der Waals surface area contributed by atoms with Crippen LogP contribution in [-0.2, 0) is 12.0 Å². The molecule has 0 fully saturated rings. The number of aromatic nitrogens is 1. The molecule has 0 saturated carbocycles. The van der Waals surface area contributed by atoms with Crippen LogP contribution in [0.5, 0.6) is 0 Å². The average Bonchev–Trinajstić information content (AvgIpc) is 2.78. The van der Waals surface area contributed by atoms with E-state index in [4.69, 9.17) is 5.26 Å². The maximum absolute atomic E-state index is 8.68. The molecule has 0 radical (unpaired) electrons. The molecule has 0 aromatic carbocycles. The summed E-state index contributed by atoms with van der Waals surface area (Å²) in [5.41, 5.74) is 1.29. The molecule has 4 nitrogen and oxygen atoms in total. The van der Waals surface area contributed by atoms with Gasteiger partial charge in [0.2, 0.25) is 6.19 Å². The maximum Gasteiger partial charge on any atom is 0.208 e. The third-order valence-corrected chi connectivity index (χ3v) is 4.64. The highest BCUT2D eigenvalue weighted by Gasteiger charge is 2.15. The third kappa shape index (κ3) is 4.80. The lowest BCUT2D eigenvalue weighted by atomic mass is 10.1. The van der Waals surface area contributed by atoms with Crippen molar-refractivity contribution in [2.24, 2.45) is 9.98 Å². The third-order valence-electron chi connectivity index (χ3n) is 2.72. The van der Waals surface area contributed by atoms with Crippen molar-refractivity contribution in [3.05, 3.63) is 16.4 Å². The van der Waals surface area contributed by atoms with Crippen molar-refractivity contribution in [3.63, 3.8) is 0 Å². The van der Waals surface area contributed by atoms with Crippen LogP contribution in [0.15, 0.2) is 16.2 Å². The van der Waals surface area contributed by atoms with E-state index in [2.05, 4.69) is 47.8 Å². The summed E-state index contributed by atoms with van der Waals surface area (Å²) >= 11 is 3.03. The normalized spacial score (nSPS) is 13.6. The van der Waals surface area contributed by atoms with E-state index in [1.807, 2.05) is 12.4 Å². The van der Waals surface area contributed by atoms with Crippen LogP contribution in [0, 0.1) is 11.5 Å². The van der Waals surface area contributed by atoms with Crippen molar-refractivity contribution < 1.29 is 0 Å². The Morgan fingerprint density at radius 3 is 2.70 bits per heavy atom. The predicted molar refractivity (Wildman–Crippen MR) is 88.0 cm³/mol. The van der Waals surface area contributed by atoms with Gasteiger partial charge in [0.25, 0.3) is 0 Å². The highest BCUT2D eigenvalue weighted by atomic mass is 32.2. The summed E-state index contributed by atoms with van der Waals surface area (Å²) in [5.74, 6) is 0. The predicted octanol–water partition coefficient (Wildman–Crippen LogP) is 3.75. The van der Waals surface area contributed by atoms with Gasteiger partial charge >= 0.3 is 0 Å². The van der Waals surface area contributed by atoms with Gasteiger partial charge in [-0.2, -0.15) is 5.26 Å². The molecule has 110 valence electrons. The number of nitriles is 1. The van der Waals surface area contributed by atoms with E-state index in [1.54, 1.807) is 11.5 Å². The Morgan fingerprint density at radius 2 is 2.20 bits per heavy atom. The number of thioether (sulfide) groups is 1. The number of hydrogen-bond acceptors (Lipinski definition) is 4. The van der Waals surface area contributed by atoms with Crippen LogP contribution < -0.4 is 4.67 Å². The number of hydrogen-bond donors (Lipinski definition) is 0. The molecule has 0 saturated heterocycles. The number of amidine groups is 1. The second-order valence-corrected chi connectivity index (χ2v) is 7.20. The molecule has 0 unspecified atom stereocenters. The fourth-order valence-corrected chi connectivity index (χ4v) is 2.99. The molecule has 1 aromatic heterocycles. The first-order chi connectivity index (χ1) is 9.42. The minimum absolute atomic E-state index is 0.0469. The van der Waals surface area contributed by atoms with Gasteiger partial charge < -0.3 is 0 Å². The second-order valence-electron chi connectivity index (χ2n) is 5.46. The first kappa shape index (κ1) is 17.0. The minimum atomic E-state index is 0.0469. The van der Waals surface area contributed by atoms with Crippen LogP contribution in [-0.4, -0.2) is 15.4 Å². The SMILES string of the molecule is CCCCc1cn(C(C)(C)C)s/c1=N\C(=NC#N)SC. The number of rotatable bonds is 3. The lowest BCUT2D eigenvalue weighted by molar-refractivity contribution is 0.427. The van der Waals surface area contributed by atoms with Crippen LogP contribution in [0.25, 0.3) is 0 Å². The average molecular weight is 310 g/mol. The molecule has 0 aliphatic rings. The number of aryl methyl sites for hydroxylation is 1. The topological polar surface area (TPSA) is 53.4 Å². The monoisotopic (exact) mass is 310 g/mol. The summed E-state index contributed by atoms with van der Waals surface area (Å²) in [6, 6.07) is 0. The molecule has 1 heterocycles. The van der Waals surface area contributed by atoms with Crippen molar-refractivity contribution in [1.29, 1.82) is 5.26 Å². The summed E-state index contributed by atoms with van der Waals surface area (Å²) in [7, 11) is 0.